The number of rotatable bonds is 3. The molecule has 1 atom stereocenters. The van der Waals surface area contributed by atoms with Crippen LogP contribution in [0.25, 0.3) is 0 Å². The first-order valence-electron chi connectivity index (χ1n) is 7.90. The second-order valence-electron chi connectivity index (χ2n) is 5.74. The molecule has 0 spiro atoms. The van der Waals surface area contributed by atoms with Gasteiger partial charge < -0.3 is 19.8 Å². The Kier molecular flexibility index (Phi) is 4.31. The van der Waals surface area contributed by atoms with Crippen LogP contribution >= 0.6 is 0 Å². The summed E-state index contributed by atoms with van der Waals surface area (Å²) in [4.78, 5) is 29.4. The summed E-state index contributed by atoms with van der Waals surface area (Å²) >= 11 is 0. The maximum atomic E-state index is 12.9. The Labute approximate surface area is 144 Å². The lowest BCUT2D eigenvalue weighted by Gasteiger charge is -2.28. The van der Waals surface area contributed by atoms with Crippen LogP contribution in [0.15, 0.2) is 46.8 Å². The van der Waals surface area contributed by atoms with Gasteiger partial charge in [0, 0.05) is 31.2 Å². The highest BCUT2D eigenvalue weighted by molar-refractivity contribution is 5.92. The Bertz CT molecular complexity index is 916. The molecule has 0 amide bonds. The number of pyridine rings is 2. The fourth-order valence-electron chi connectivity index (χ4n) is 2.94. The van der Waals surface area contributed by atoms with E-state index in [9.17, 15) is 9.59 Å². The molecule has 2 aromatic rings. The van der Waals surface area contributed by atoms with Gasteiger partial charge in [-0.3, -0.25) is 9.78 Å². The third-order valence-corrected chi connectivity index (χ3v) is 4.27. The van der Waals surface area contributed by atoms with Crippen LogP contribution in [-0.4, -0.2) is 22.1 Å². The summed E-state index contributed by atoms with van der Waals surface area (Å²) < 4.78 is 12.3. The van der Waals surface area contributed by atoms with Gasteiger partial charge in [-0.05, 0) is 31.5 Å². The van der Waals surface area contributed by atoms with Crippen molar-refractivity contribution in [3.05, 3.63) is 69.2 Å². The van der Waals surface area contributed by atoms with Crippen LogP contribution in [0.2, 0.25) is 0 Å². The van der Waals surface area contributed by atoms with Gasteiger partial charge in [0.15, 0.2) is 0 Å². The Hall–Kier alpha value is -3.09. The Morgan fingerprint density at radius 1 is 1.40 bits per heavy atom. The summed E-state index contributed by atoms with van der Waals surface area (Å²) in [6, 6.07) is 5.22. The molecule has 0 aromatic carbocycles. The summed E-state index contributed by atoms with van der Waals surface area (Å²) in [6.07, 6.45) is 3.20. The minimum Gasteiger partial charge on any atom is -0.462 e. The minimum absolute atomic E-state index is 0.0552. The molecule has 3 rings (SSSR count). The van der Waals surface area contributed by atoms with Gasteiger partial charge in [0.1, 0.15) is 11.3 Å². The molecule has 0 fully saturated rings. The van der Waals surface area contributed by atoms with Gasteiger partial charge in [-0.2, -0.15) is 0 Å². The van der Waals surface area contributed by atoms with Crippen molar-refractivity contribution in [1.29, 1.82) is 0 Å². The Balaban J connectivity index is 2.30. The molecule has 0 radical (unpaired) electrons. The molecular weight excluding hydrogens is 322 g/mol. The van der Waals surface area contributed by atoms with Crippen molar-refractivity contribution >= 4 is 5.97 Å². The van der Waals surface area contributed by atoms with E-state index in [1.54, 1.807) is 51.5 Å². The number of hydrogen-bond acceptors (Lipinski definition) is 6. The van der Waals surface area contributed by atoms with Gasteiger partial charge in [0.2, 0.25) is 5.88 Å². The van der Waals surface area contributed by atoms with Crippen molar-refractivity contribution in [2.75, 3.05) is 6.61 Å². The number of nitrogens with two attached hydrogens (primary N) is 1. The quantitative estimate of drug-likeness (QED) is 0.847. The van der Waals surface area contributed by atoms with E-state index in [2.05, 4.69) is 4.98 Å². The largest absolute Gasteiger partial charge is 0.462 e. The first-order valence-corrected chi connectivity index (χ1v) is 7.90. The van der Waals surface area contributed by atoms with Crippen LogP contribution in [0.4, 0.5) is 0 Å². The highest BCUT2D eigenvalue weighted by atomic mass is 16.5. The van der Waals surface area contributed by atoms with E-state index in [1.807, 2.05) is 0 Å². The minimum atomic E-state index is -0.676. The third-order valence-electron chi connectivity index (χ3n) is 4.27. The van der Waals surface area contributed by atoms with Gasteiger partial charge in [-0.15, -0.1) is 0 Å². The maximum absolute atomic E-state index is 12.9. The summed E-state index contributed by atoms with van der Waals surface area (Å²) in [7, 11) is 1.67. The maximum Gasteiger partial charge on any atom is 0.340 e. The average molecular weight is 341 g/mol. The monoisotopic (exact) mass is 341 g/mol. The van der Waals surface area contributed by atoms with E-state index in [1.165, 1.54) is 4.57 Å². The van der Waals surface area contributed by atoms with Gasteiger partial charge in [-0.1, -0.05) is 0 Å². The molecule has 0 saturated heterocycles. The van der Waals surface area contributed by atoms with E-state index in [-0.39, 0.29) is 23.6 Å². The predicted molar refractivity (Wildman–Crippen MR) is 91.0 cm³/mol. The molecule has 3 heterocycles. The van der Waals surface area contributed by atoms with Gasteiger partial charge >= 0.3 is 5.97 Å². The highest BCUT2D eigenvalue weighted by Crippen LogP contribution is 2.40. The topological polar surface area (TPSA) is 96.4 Å². The van der Waals surface area contributed by atoms with Crippen molar-refractivity contribution in [3.63, 3.8) is 0 Å². The smallest absolute Gasteiger partial charge is 0.340 e. The van der Waals surface area contributed by atoms with E-state index < -0.39 is 11.9 Å². The Morgan fingerprint density at radius 3 is 2.72 bits per heavy atom. The molecular formula is C18H19N3O4. The summed E-state index contributed by atoms with van der Waals surface area (Å²) in [5.74, 6) is -0.978. The van der Waals surface area contributed by atoms with Crippen molar-refractivity contribution < 1.29 is 14.3 Å². The lowest BCUT2D eigenvalue weighted by molar-refractivity contribution is -0.139. The molecule has 0 aliphatic carbocycles. The fourth-order valence-corrected chi connectivity index (χ4v) is 2.94. The number of aromatic nitrogens is 2. The third kappa shape index (κ3) is 2.77. The number of hydrogen-bond donors (Lipinski definition) is 1. The van der Waals surface area contributed by atoms with Gasteiger partial charge in [0.25, 0.3) is 5.56 Å². The van der Waals surface area contributed by atoms with Crippen LogP contribution in [0, 0.1) is 6.92 Å². The number of fused-ring (bicyclic) bond motifs is 1. The summed E-state index contributed by atoms with van der Waals surface area (Å²) in [6.45, 7) is 3.70. The zero-order chi connectivity index (χ0) is 18.1. The number of carbonyl (C=O) groups is 1. The van der Waals surface area contributed by atoms with E-state index in [0.717, 1.165) is 5.69 Å². The van der Waals surface area contributed by atoms with Crippen molar-refractivity contribution in [2.24, 2.45) is 12.8 Å². The number of esters is 1. The first-order chi connectivity index (χ1) is 12.0. The van der Waals surface area contributed by atoms with Crippen molar-refractivity contribution in [2.45, 2.75) is 19.8 Å². The van der Waals surface area contributed by atoms with Crippen molar-refractivity contribution in [3.8, 4) is 5.75 Å². The molecule has 0 unspecified atom stereocenters. The molecule has 1 aliphatic rings. The molecule has 2 N–H and O–H groups in total. The molecule has 130 valence electrons. The van der Waals surface area contributed by atoms with E-state index in [4.69, 9.17) is 15.2 Å². The number of carbonyl (C=O) groups excluding carboxylic acids is 1. The van der Waals surface area contributed by atoms with Gasteiger partial charge in [0.05, 0.1) is 18.1 Å². The molecule has 0 bridgehead atoms. The Morgan fingerprint density at radius 2 is 2.08 bits per heavy atom. The zero-order valence-electron chi connectivity index (χ0n) is 14.3. The number of ether oxygens (including phenoxy) is 2. The average Bonchev–Trinajstić information content (AvgIpc) is 2.59. The van der Waals surface area contributed by atoms with Crippen LogP contribution in [0.1, 0.15) is 29.7 Å². The van der Waals surface area contributed by atoms with Crippen LogP contribution in [0.5, 0.6) is 5.75 Å². The first kappa shape index (κ1) is 16.8. The predicted octanol–water partition coefficient (Wildman–Crippen LogP) is 1.35. The lowest BCUT2D eigenvalue weighted by atomic mass is 9.84. The molecule has 7 heteroatoms. The molecule has 0 saturated carbocycles. The molecule has 25 heavy (non-hydrogen) atoms. The zero-order valence-corrected chi connectivity index (χ0v) is 14.3. The van der Waals surface area contributed by atoms with Crippen molar-refractivity contribution in [1.82, 2.24) is 9.55 Å². The fraction of sp³-hybridized carbons (Fsp3) is 0.278. The molecule has 7 nitrogen and oxygen atoms in total. The van der Waals surface area contributed by atoms with E-state index >= 15 is 0 Å². The lowest BCUT2D eigenvalue weighted by Crippen LogP contribution is -2.34. The number of nitrogens with zero attached hydrogens (tertiary/aromatic N) is 2. The second-order valence-corrected chi connectivity index (χ2v) is 5.74. The normalized spacial score (nSPS) is 16.2. The van der Waals surface area contributed by atoms with Crippen LogP contribution in [0.3, 0.4) is 0 Å². The van der Waals surface area contributed by atoms with Crippen LogP contribution < -0.4 is 16.0 Å². The summed E-state index contributed by atoms with van der Waals surface area (Å²) in [5, 5.41) is 0. The standard InChI is InChI=1S/C18H19N3O4/c1-4-24-18(23)15-13(11-5-7-20-8-6-11)14-12(25-16(15)19)9-10(2)21(3)17(14)22/h5-9,13H,4,19H2,1-3H3/t13-/m0/s1. The highest BCUT2D eigenvalue weighted by Gasteiger charge is 2.38. The van der Waals surface area contributed by atoms with Gasteiger partial charge in [-0.25, -0.2) is 4.79 Å². The molecule has 1 aliphatic heterocycles. The number of aryl methyl sites for hydroxylation is 1. The molecule has 2 aromatic heterocycles. The second kappa shape index (κ2) is 6.43. The summed E-state index contributed by atoms with van der Waals surface area (Å²) in [5.41, 5.74) is 7.70. The van der Waals surface area contributed by atoms with E-state index in [0.29, 0.717) is 16.9 Å². The SMILES string of the molecule is CCOC(=O)C1=C(N)Oc2cc(C)n(C)c(=O)c2[C@@H]1c1ccncc1. The van der Waals surface area contributed by atoms with Crippen LogP contribution in [-0.2, 0) is 16.6 Å².